The van der Waals surface area contributed by atoms with Gasteiger partial charge >= 0.3 is 5.97 Å². The van der Waals surface area contributed by atoms with E-state index in [9.17, 15) is 4.79 Å². The van der Waals surface area contributed by atoms with Gasteiger partial charge in [-0.3, -0.25) is 9.98 Å². The molecule has 0 aliphatic rings. The van der Waals surface area contributed by atoms with Crippen LogP contribution in [0.15, 0.2) is 33.8 Å². The monoisotopic (exact) mass is 320 g/mol. The molecule has 0 fully saturated rings. The lowest BCUT2D eigenvalue weighted by atomic mass is 10.1. The van der Waals surface area contributed by atoms with Gasteiger partial charge in [0.1, 0.15) is 7.11 Å². The van der Waals surface area contributed by atoms with Gasteiger partial charge in [-0.25, -0.2) is 4.79 Å². The third kappa shape index (κ3) is 5.17. The summed E-state index contributed by atoms with van der Waals surface area (Å²) in [5.74, 6) is -0.376. The van der Waals surface area contributed by atoms with Gasteiger partial charge in [0.2, 0.25) is 0 Å². The van der Waals surface area contributed by atoms with Crippen molar-refractivity contribution in [2.75, 3.05) is 20.8 Å². The van der Waals surface area contributed by atoms with Gasteiger partial charge in [-0.1, -0.05) is 10.3 Å². The fraction of sp³-hybridized carbons (Fsp3) is 0.400. The molecule has 1 aromatic heterocycles. The largest absolute Gasteiger partial charge is 0.464 e. The molecule has 1 rings (SSSR count). The summed E-state index contributed by atoms with van der Waals surface area (Å²) in [5, 5.41) is 7.68. The van der Waals surface area contributed by atoms with Gasteiger partial charge in [-0.05, 0) is 20.8 Å². The number of rotatable bonds is 7. The zero-order valence-corrected chi connectivity index (χ0v) is 13.9. The van der Waals surface area contributed by atoms with Gasteiger partial charge in [0.15, 0.2) is 11.5 Å². The number of oxime groups is 2. The summed E-state index contributed by atoms with van der Waals surface area (Å²) in [4.78, 5) is 30.1. The third-order valence-corrected chi connectivity index (χ3v) is 2.80. The maximum absolute atomic E-state index is 11.8. The van der Waals surface area contributed by atoms with Gasteiger partial charge < -0.3 is 14.4 Å². The number of nitrogens with zero attached hydrogens (tertiary/aromatic N) is 4. The molecule has 23 heavy (non-hydrogen) atoms. The molecule has 0 aliphatic heterocycles. The van der Waals surface area contributed by atoms with E-state index in [0.29, 0.717) is 23.6 Å². The second-order valence-electron chi connectivity index (χ2n) is 4.31. The van der Waals surface area contributed by atoms with E-state index in [2.05, 4.69) is 29.9 Å². The van der Waals surface area contributed by atoms with Crippen molar-refractivity contribution in [1.29, 1.82) is 0 Å². The van der Waals surface area contributed by atoms with E-state index in [1.165, 1.54) is 26.6 Å². The van der Waals surface area contributed by atoms with Crippen LogP contribution in [0.2, 0.25) is 0 Å². The first-order valence-corrected chi connectivity index (χ1v) is 6.92. The summed E-state index contributed by atoms with van der Waals surface area (Å²) in [6.07, 6.45) is 2.93. The number of ether oxygens (including phenoxy) is 1. The molecule has 0 saturated heterocycles. The average Bonchev–Trinajstić information content (AvgIpc) is 2.57. The number of hydrogen-bond donors (Lipinski definition) is 0. The minimum Gasteiger partial charge on any atom is -0.464 e. The number of esters is 1. The van der Waals surface area contributed by atoms with Crippen molar-refractivity contribution in [3.8, 4) is 5.75 Å². The summed E-state index contributed by atoms with van der Waals surface area (Å²) in [5.41, 5.74) is 1.63. The molecule has 0 aromatic carbocycles. The Hall–Kier alpha value is -2.77. The Morgan fingerprint density at radius 3 is 2.57 bits per heavy atom. The summed E-state index contributed by atoms with van der Waals surface area (Å²) in [6, 6.07) is 1.56. The molecule has 0 atom stereocenters. The van der Waals surface area contributed by atoms with Crippen LogP contribution in [0.4, 0.5) is 0 Å². The fourth-order valence-electron chi connectivity index (χ4n) is 1.56. The minimum atomic E-state index is -0.672. The molecule has 0 unspecified atom stereocenters. The predicted octanol–water partition coefficient (Wildman–Crippen LogP) is 1.84. The standard InChI is InChI=1S/C15H20N4O4/c1-6-17-10(2)11(3)18-23-13-7-8-16-9-12(13)14(19-22-5)15(20)21-4/h7-9H,6H2,1-5H3/b17-10?,18-11+,19-14-. The van der Waals surface area contributed by atoms with Crippen LogP contribution in [0.5, 0.6) is 5.75 Å². The van der Waals surface area contributed by atoms with Crippen molar-refractivity contribution in [2.45, 2.75) is 20.8 Å². The molecule has 8 nitrogen and oxygen atoms in total. The molecule has 1 heterocycles. The highest BCUT2D eigenvalue weighted by atomic mass is 16.6. The molecule has 0 aliphatic carbocycles. The Balaban J connectivity index is 3.15. The summed E-state index contributed by atoms with van der Waals surface area (Å²) in [6.45, 7) is 6.21. The third-order valence-electron chi connectivity index (χ3n) is 2.80. The zero-order chi connectivity index (χ0) is 17.2. The molecule has 0 spiro atoms. The van der Waals surface area contributed by atoms with Crippen LogP contribution in [0.3, 0.4) is 0 Å². The number of carbonyl (C=O) groups is 1. The summed E-state index contributed by atoms with van der Waals surface area (Å²) >= 11 is 0. The molecule has 0 bridgehead atoms. The Labute approximate surface area is 134 Å². The van der Waals surface area contributed by atoms with Crippen molar-refractivity contribution >= 4 is 23.1 Å². The predicted molar refractivity (Wildman–Crippen MR) is 87.2 cm³/mol. The Morgan fingerprint density at radius 1 is 1.22 bits per heavy atom. The normalized spacial score (nSPS) is 12.8. The van der Waals surface area contributed by atoms with Crippen LogP contribution >= 0.6 is 0 Å². The molecule has 0 saturated carbocycles. The highest BCUT2D eigenvalue weighted by Gasteiger charge is 2.21. The van der Waals surface area contributed by atoms with Crippen molar-refractivity contribution in [2.24, 2.45) is 15.3 Å². The second-order valence-corrected chi connectivity index (χ2v) is 4.31. The number of aliphatic imine (C=N–C) groups is 1. The van der Waals surface area contributed by atoms with Crippen LogP contribution < -0.4 is 4.84 Å². The van der Waals surface area contributed by atoms with E-state index >= 15 is 0 Å². The van der Waals surface area contributed by atoms with E-state index in [1.807, 2.05) is 13.8 Å². The molecule has 1 aromatic rings. The topological polar surface area (TPSA) is 94.7 Å². The smallest absolute Gasteiger partial charge is 0.360 e. The lowest BCUT2D eigenvalue weighted by Gasteiger charge is -2.08. The van der Waals surface area contributed by atoms with Crippen molar-refractivity contribution in [3.05, 3.63) is 24.0 Å². The molecule has 124 valence electrons. The van der Waals surface area contributed by atoms with Crippen LogP contribution in [0.1, 0.15) is 26.3 Å². The summed E-state index contributed by atoms with van der Waals surface area (Å²) in [7, 11) is 2.57. The van der Waals surface area contributed by atoms with Crippen LogP contribution in [0.25, 0.3) is 0 Å². The number of methoxy groups -OCH3 is 1. The number of hydrogen-bond acceptors (Lipinski definition) is 8. The lowest BCUT2D eigenvalue weighted by molar-refractivity contribution is -0.132. The van der Waals surface area contributed by atoms with Gasteiger partial charge in [-0.2, -0.15) is 0 Å². The van der Waals surface area contributed by atoms with E-state index in [4.69, 9.17) is 4.84 Å². The Bertz CT molecular complexity index is 638. The maximum Gasteiger partial charge on any atom is 0.360 e. The van der Waals surface area contributed by atoms with Crippen LogP contribution in [-0.4, -0.2) is 48.9 Å². The average molecular weight is 320 g/mol. The minimum absolute atomic E-state index is 0.0649. The molecule has 0 N–H and O–H groups in total. The quantitative estimate of drug-likeness (QED) is 0.434. The highest BCUT2D eigenvalue weighted by molar-refractivity contribution is 6.43. The van der Waals surface area contributed by atoms with E-state index in [1.54, 1.807) is 13.0 Å². The lowest BCUT2D eigenvalue weighted by Crippen LogP contribution is -2.19. The number of aromatic nitrogens is 1. The first-order valence-electron chi connectivity index (χ1n) is 6.92. The Kier molecular flexibility index (Phi) is 7.38. The van der Waals surface area contributed by atoms with Crippen LogP contribution in [0, 0.1) is 0 Å². The molecule has 0 radical (unpaired) electrons. The van der Waals surface area contributed by atoms with Gasteiger partial charge in [-0.15, -0.1) is 0 Å². The highest BCUT2D eigenvalue weighted by Crippen LogP contribution is 2.19. The van der Waals surface area contributed by atoms with Gasteiger partial charge in [0.05, 0.1) is 24.1 Å². The van der Waals surface area contributed by atoms with Crippen molar-refractivity contribution in [1.82, 2.24) is 4.98 Å². The van der Waals surface area contributed by atoms with Gasteiger partial charge in [0.25, 0.3) is 0 Å². The van der Waals surface area contributed by atoms with E-state index < -0.39 is 5.97 Å². The zero-order valence-electron chi connectivity index (χ0n) is 13.9. The summed E-state index contributed by atoms with van der Waals surface area (Å²) < 4.78 is 4.68. The SMILES string of the molecule is CCN=C(C)/C(C)=N/Oc1ccncc1/C(=N/OC)C(=O)OC. The van der Waals surface area contributed by atoms with E-state index in [0.717, 1.165) is 5.71 Å². The number of carbonyl (C=O) groups excluding carboxylic acids is 1. The van der Waals surface area contributed by atoms with Crippen molar-refractivity contribution < 1.29 is 19.2 Å². The van der Waals surface area contributed by atoms with Crippen LogP contribution in [-0.2, 0) is 14.4 Å². The van der Waals surface area contributed by atoms with Crippen molar-refractivity contribution in [3.63, 3.8) is 0 Å². The first-order chi connectivity index (χ1) is 11.0. The molecule has 8 heteroatoms. The first kappa shape index (κ1) is 18.3. The number of pyridine rings is 1. The Morgan fingerprint density at radius 2 is 1.96 bits per heavy atom. The van der Waals surface area contributed by atoms with E-state index in [-0.39, 0.29) is 5.71 Å². The molecule has 0 amide bonds. The van der Waals surface area contributed by atoms with Gasteiger partial charge in [0, 0.05) is 25.0 Å². The maximum atomic E-state index is 11.8. The fourth-order valence-corrected chi connectivity index (χ4v) is 1.56. The molecular weight excluding hydrogens is 300 g/mol. The second kappa shape index (κ2) is 9.29. The molecular formula is C15H20N4O4.